The molecule has 4 aromatic rings. The lowest BCUT2D eigenvalue weighted by molar-refractivity contribution is -0.110. The molecule has 0 saturated carbocycles. The Balaban J connectivity index is 1.84. The molecular weight excluding hydrogens is 500 g/mol. The molecule has 0 aliphatic heterocycles. The van der Waals surface area contributed by atoms with Crippen molar-refractivity contribution >= 4 is 28.1 Å². The normalized spacial score (nSPS) is 16.1. The molecule has 1 nitrogen and oxygen atoms in total. The van der Waals surface area contributed by atoms with Crippen molar-refractivity contribution in [3.05, 3.63) is 167 Å². The summed E-state index contributed by atoms with van der Waals surface area (Å²) in [5.41, 5.74) is 2.89. The van der Waals surface area contributed by atoms with E-state index in [4.69, 9.17) is 0 Å². The van der Waals surface area contributed by atoms with E-state index in [1.807, 2.05) is 0 Å². The van der Waals surface area contributed by atoms with Crippen LogP contribution in [0, 0.1) is 28.7 Å². The summed E-state index contributed by atoms with van der Waals surface area (Å²) in [6.45, 7) is 0. The van der Waals surface area contributed by atoms with Gasteiger partial charge in [-0.25, -0.2) is 17.6 Å². The Kier molecular flexibility index (Phi) is 5.99. The summed E-state index contributed by atoms with van der Waals surface area (Å²) < 4.78 is 58.8. The van der Waals surface area contributed by atoms with Gasteiger partial charge in [-0.1, -0.05) is 60.7 Å². The summed E-state index contributed by atoms with van der Waals surface area (Å²) in [6.07, 6.45) is 6.22. The molecule has 4 aromatic carbocycles. The minimum atomic E-state index is -1.18. The topological polar surface area (TPSA) is 17.1 Å². The molecule has 0 atom stereocenters. The van der Waals surface area contributed by atoms with Crippen LogP contribution in [-0.2, 0) is 4.79 Å². The fraction of sp³-hybridized carbons (Fsp3) is 0.0294. The van der Waals surface area contributed by atoms with Crippen LogP contribution in [-0.4, -0.2) is 5.78 Å². The van der Waals surface area contributed by atoms with Crippen LogP contribution in [0.4, 0.5) is 17.6 Å². The predicted octanol–water partition coefficient (Wildman–Crippen LogP) is 8.46. The minimum absolute atomic E-state index is 0.246. The largest absolute Gasteiger partial charge is 0.290 e. The van der Waals surface area contributed by atoms with Crippen molar-refractivity contribution in [2.75, 3.05) is 0 Å². The number of carbonyl (C=O) groups excluding carboxylic acids is 1. The first kappa shape index (κ1) is 24.6. The number of halogens is 4. The zero-order valence-electron chi connectivity index (χ0n) is 20.5. The van der Waals surface area contributed by atoms with E-state index in [9.17, 15) is 22.4 Å². The molecule has 0 amide bonds. The van der Waals surface area contributed by atoms with Crippen LogP contribution in [0.15, 0.2) is 121 Å². The van der Waals surface area contributed by atoms with E-state index in [1.54, 1.807) is 60.7 Å². The first-order chi connectivity index (χ1) is 18.9. The zero-order chi connectivity index (χ0) is 27.1. The molecule has 2 aliphatic rings. The number of carbonyl (C=O) groups is 1. The van der Waals surface area contributed by atoms with E-state index >= 15 is 0 Å². The summed E-state index contributed by atoms with van der Waals surface area (Å²) in [4.78, 5) is 12.4. The van der Waals surface area contributed by atoms with Gasteiger partial charge in [-0.2, -0.15) is 0 Å². The zero-order valence-corrected chi connectivity index (χ0v) is 20.5. The van der Waals surface area contributed by atoms with Gasteiger partial charge in [-0.05, 0) is 105 Å². The average molecular weight is 521 g/mol. The molecule has 0 radical (unpaired) electrons. The highest BCUT2D eigenvalue weighted by molar-refractivity contribution is 6.31. The number of ketones is 1. The first-order valence-corrected chi connectivity index (χ1v) is 12.3. The van der Waals surface area contributed by atoms with Gasteiger partial charge in [0.1, 0.15) is 23.3 Å². The van der Waals surface area contributed by atoms with Gasteiger partial charge in [0.15, 0.2) is 5.78 Å². The highest BCUT2D eigenvalue weighted by Gasteiger charge is 2.46. The lowest BCUT2D eigenvalue weighted by Crippen LogP contribution is -2.21. The van der Waals surface area contributed by atoms with Crippen molar-refractivity contribution < 1.29 is 22.4 Å². The van der Waals surface area contributed by atoms with Crippen LogP contribution in [0.1, 0.15) is 22.3 Å². The van der Waals surface area contributed by atoms with Gasteiger partial charge in [-0.3, -0.25) is 4.79 Å². The number of allylic oxidation sites excluding steroid dienone is 8. The molecule has 0 unspecified atom stereocenters. The Morgan fingerprint density at radius 2 is 0.795 bits per heavy atom. The number of hydrogen-bond acceptors (Lipinski definition) is 1. The van der Waals surface area contributed by atoms with Gasteiger partial charge < -0.3 is 0 Å². The summed E-state index contributed by atoms with van der Waals surface area (Å²) in [5, 5.41) is 0. The summed E-state index contributed by atoms with van der Waals surface area (Å²) in [7, 11) is 0. The Morgan fingerprint density at radius 1 is 0.462 bits per heavy atom. The second-order valence-electron chi connectivity index (χ2n) is 9.48. The minimum Gasteiger partial charge on any atom is -0.290 e. The number of rotatable bonds is 4. The highest BCUT2D eigenvalue weighted by atomic mass is 19.1. The van der Waals surface area contributed by atoms with Crippen molar-refractivity contribution in [1.29, 1.82) is 0 Å². The average Bonchev–Trinajstić information content (AvgIpc) is 3.21. The maximum Gasteiger partial charge on any atom is 0.178 e. The Bertz CT molecular complexity index is 1640. The van der Waals surface area contributed by atoms with Gasteiger partial charge in [0.2, 0.25) is 0 Å². The van der Waals surface area contributed by atoms with Crippen LogP contribution in [0.5, 0.6) is 0 Å². The predicted molar refractivity (Wildman–Crippen MR) is 145 cm³/mol. The molecule has 0 aromatic heterocycles. The third-order valence-corrected chi connectivity index (χ3v) is 7.05. The molecule has 0 fully saturated rings. The van der Waals surface area contributed by atoms with E-state index in [1.165, 1.54) is 60.7 Å². The standard InChI is InChI=1S/C34H20F4O/c35-25-9-1-5-21(17-25)30-31(22-6-2-10-26(36)18-22)33(24-8-4-12-28(38)20-24)34(15-13-29(39)14-16-34)32(30)23-7-3-11-27(37)19-23/h1-20H. The second kappa shape index (κ2) is 9.52. The van der Waals surface area contributed by atoms with Crippen LogP contribution in [0.25, 0.3) is 22.3 Å². The number of benzene rings is 4. The maximum atomic E-state index is 14.7. The van der Waals surface area contributed by atoms with Crippen molar-refractivity contribution in [2.45, 2.75) is 0 Å². The molecule has 0 N–H and O–H groups in total. The molecule has 190 valence electrons. The molecule has 39 heavy (non-hydrogen) atoms. The van der Waals surface area contributed by atoms with Gasteiger partial charge in [-0.15, -0.1) is 0 Å². The lowest BCUT2D eigenvalue weighted by atomic mass is 9.69. The highest BCUT2D eigenvalue weighted by Crippen LogP contribution is 2.63. The molecule has 5 heteroatoms. The lowest BCUT2D eigenvalue weighted by Gasteiger charge is -2.32. The number of hydrogen-bond donors (Lipinski definition) is 0. The SMILES string of the molecule is O=C1C=CC2(C=C1)C(c1cccc(F)c1)=C(c1cccc(F)c1)C(c1cccc(F)c1)=C2c1cccc(F)c1. The van der Waals surface area contributed by atoms with Crippen molar-refractivity contribution in [3.8, 4) is 0 Å². The van der Waals surface area contributed by atoms with Crippen LogP contribution in [0.2, 0.25) is 0 Å². The molecular formula is C34H20F4O. The monoisotopic (exact) mass is 520 g/mol. The Hall–Kier alpha value is -4.77. The van der Waals surface area contributed by atoms with Crippen molar-refractivity contribution in [3.63, 3.8) is 0 Å². The summed E-state index contributed by atoms with van der Waals surface area (Å²) in [5.74, 6) is -2.20. The molecule has 2 aliphatic carbocycles. The van der Waals surface area contributed by atoms with E-state index in [0.29, 0.717) is 44.5 Å². The van der Waals surface area contributed by atoms with Crippen LogP contribution < -0.4 is 0 Å². The van der Waals surface area contributed by atoms with E-state index in [-0.39, 0.29) is 5.78 Å². The second-order valence-corrected chi connectivity index (χ2v) is 9.48. The van der Waals surface area contributed by atoms with E-state index in [0.717, 1.165) is 0 Å². The van der Waals surface area contributed by atoms with Gasteiger partial charge in [0.25, 0.3) is 0 Å². The molecule has 6 rings (SSSR count). The molecule has 0 saturated heterocycles. The smallest absolute Gasteiger partial charge is 0.178 e. The van der Waals surface area contributed by atoms with Gasteiger partial charge in [0, 0.05) is 0 Å². The maximum absolute atomic E-state index is 14.7. The summed E-state index contributed by atoms with van der Waals surface area (Å²) >= 11 is 0. The van der Waals surface area contributed by atoms with E-state index in [2.05, 4.69) is 0 Å². The fourth-order valence-corrected chi connectivity index (χ4v) is 5.58. The quantitative estimate of drug-likeness (QED) is 0.247. The summed E-state index contributed by atoms with van der Waals surface area (Å²) in [6, 6.07) is 23.9. The van der Waals surface area contributed by atoms with Crippen LogP contribution in [0.3, 0.4) is 0 Å². The molecule has 0 heterocycles. The van der Waals surface area contributed by atoms with Gasteiger partial charge >= 0.3 is 0 Å². The van der Waals surface area contributed by atoms with Crippen LogP contribution >= 0.6 is 0 Å². The Morgan fingerprint density at radius 3 is 1.15 bits per heavy atom. The van der Waals surface area contributed by atoms with E-state index < -0.39 is 28.7 Å². The first-order valence-electron chi connectivity index (χ1n) is 12.3. The van der Waals surface area contributed by atoms with Crippen molar-refractivity contribution in [2.24, 2.45) is 5.41 Å². The van der Waals surface area contributed by atoms with Gasteiger partial charge in [0.05, 0.1) is 5.41 Å². The molecule has 1 spiro atoms. The van der Waals surface area contributed by atoms with Crippen molar-refractivity contribution in [1.82, 2.24) is 0 Å². The fourth-order valence-electron chi connectivity index (χ4n) is 5.58. The third-order valence-electron chi connectivity index (χ3n) is 7.05. The third kappa shape index (κ3) is 4.26. The molecule has 0 bridgehead atoms. The Labute approximate surface area is 222 Å².